The van der Waals surface area contributed by atoms with Crippen LogP contribution in [0.25, 0.3) is 0 Å². The molecule has 0 aliphatic rings. The Kier molecular flexibility index (Phi) is 6.35. The zero-order valence-electron chi connectivity index (χ0n) is 6.52. The van der Waals surface area contributed by atoms with E-state index in [-0.39, 0.29) is 0 Å². The third-order valence-electron chi connectivity index (χ3n) is 1.18. The van der Waals surface area contributed by atoms with Gasteiger partial charge >= 0.3 is 9.28 Å². The molecule has 0 radical (unpaired) electrons. The Morgan fingerprint density at radius 1 is 1.44 bits per heavy atom. The molecule has 0 saturated carbocycles. The summed E-state index contributed by atoms with van der Waals surface area (Å²) in [6.07, 6.45) is 2.35. The minimum absolute atomic E-state index is 0.873. The van der Waals surface area contributed by atoms with Crippen molar-refractivity contribution < 1.29 is 8.85 Å². The second-order valence-corrected chi connectivity index (χ2v) is 3.97. The first-order chi connectivity index (χ1) is 4.31. The summed E-state index contributed by atoms with van der Waals surface area (Å²) in [4.78, 5) is 0. The van der Waals surface area contributed by atoms with E-state index in [2.05, 4.69) is 6.92 Å². The summed E-state index contributed by atoms with van der Waals surface area (Å²) in [6, 6.07) is 0. The lowest BCUT2D eigenvalue weighted by molar-refractivity contribution is 0.231. The molecule has 0 saturated heterocycles. The van der Waals surface area contributed by atoms with E-state index in [1.54, 1.807) is 7.11 Å². The summed E-state index contributed by atoms with van der Waals surface area (Å²) in [5.41, 5.74) is 0. The van der Waals surface area contributed by atoms with Crippen LogP contribution in [0.15, 0.2) is 0 Å². The maximum atomic E-state index is 5.35. The lowest BCUT2D eigenvalue weighted by Gasteiger charge is -2.07. The molecule has 0 aliphatic heterocycles. The Bertz CT molecular complexity index is 59.0. The minimum Gasteiger partial charge on any atom is -0.400 e. The van der Waals surface area contributed by atoms with Crippen LogP contribution in [0.4, 0.5) is 0 Å². The van der Waals surface area contributed by atoms with E-state index >= 15 is 0 Å². The summed E-state index contributed by atoms with van der Waals surface area (Å²) in [6.45, 7) is 5.07. The summed E-state index contributed by atoms with van der Waals surface area (Å²) in [5, 5.41) is 0. The highest BCUT2D eigenvalue weighted by Gasteiger charge is 1.99. The molecule has 0 aromatic rings. The van der Waals surface area contributed by atoms with Crippen molar-refractivity contribution in [3.05, 3.63) is 0 Å². The first-order valence-corrected chi connectivity index (χ1v) is 5.55. The van der Waals surface area contributed by atoms with Gasteiger partial charge in [0.1, 0.15) is 0 Å². The quantitative estimate of drug-likeness (QED) is 0.432. The van der Waals surface area contributed by atoms with E-state index in [4.69, 9.17) is 8.85 Å². The first-order valence-electron chi connectivity index (χ1n) is 3.45. The van der Waals surface area contributed by atoms with Crippen LogP contribution in [0.2, 0.25) is 6.55 Å². The van der Waals surface area contributed by atoms with Gasteiger partial charge in [0, 0.05) is 13.7 Å². The van der Waals surface area contributed by atoms with Crippen molar-refractivity contribution in [1.82, 2.24) is 0 Å². The fourth-order valence-electron chi connectivity index (χ4n) is 0.462. The molecule has 1 unspecified atom stereocenters. The van der Waals surface area contributed by atoms with Gasteiger partial charge in [-0.1, -0.05) is 13.3 Å². The summed E-state index contributed by atoms with van der Waals surface area (Å²) in [7, 11) is 0.498. The molecule has 2 nitrogen and oxygen atoms in total. The number of hydrogen-bond donors (Lipinski definition) is 0. The Labute approximate surface area is 59.0 Å². The fourth-order valence-corrected chi connectivity index (χ4v) is 1.10. The highest BCUT2D eigenvalue weighted by molar-refractivity contribution is 6.42. The Hall–Kier alpha value is 0.137. The number of rotatable bonds is 5. The zero-order valence-corrected chi connectivity index (χ0v) is 7.67. The average Bonchev–Trinajstić information content (AvgIpc) is 1.89. The number of hydrogen-bond acceptors (Lipinski definition) is 2. The highest BCUT2D eigenvalue weighted by atomic mass is 28.3. The van der Waals surface area contributed by atoms with Gasteiger partial charge in [0.05, 0.1) is 0 Å². The van der Waals surface area contributed by atoms with E-state index in [0.717, 1.165) is 13.0 Å². The van der Waals surface area contributed by atoms with Crippen molar-refractivity contribution in [1.29, 1.82) is 0 Å². The molecule has 1 atom stereocenters. The maximum Gasteiger partial charge on any atom is 0.317 e. The van der Waals surface area contributed by atoms with Crippen LogP contribution in [0, 0.1) is 0 Å². The van der Waals surface area contributed by atoms with Crippen molar-refractivity contribution in [2.24, 2.45) is 0 Å². The van der Waals surface area contributed by atoms with E-state index in [0.29, 0.717) is 0 Å². The molecule has 0 fully saturated rings. The molecule has 3 heteroatoms. The van der Waals surface area contributed by atoms with Gasteiger partial charge in [-0.3, -0.25) is 0 Å². The molecule has 9 heavy (non-hydrogen) atoms. The monoisotopic (exact) mass is 148 g/mol. The number of unbranched alkanes of at least 4 members (excludes halogenated alkanes) is 1. The van der Waals surface area contributed by atoms with Crippen LogP contribution >= 0.6 is 0 Å². The Morgan fingerprint density at radius 3 is 2.56 bits per heavy atom. The second kappa shape index (κ2) is 6.26. The van der Waals surface area contributed by atoms with Gasteiger partial charge in [0.15, 0.2) is 0 Å². The Balaban J connectivity index is 2.88. The fraction of sp³-hybridized carbons (Fsp3) is 1.00. The predicted octanol–water partition coefficient (Wildman–Crippen LogP) is 1.30. The SMILES string of the molecule is CCCCO[SiH](C)OC. The molecule has 0 spiro atoms. The Morgan fingerprint density at radius 2 is 2.11 bits per heavy atom. The summed E-state index contributed by atoms with van der Waals surface area (Å²) >= 11 is 0. The van der Waals surface area contributed by atoms with E-state index in [9.17, 15) is 0 Å². The normalized spacial score (nSPS) is 13.7. The highest BCUT2D eigenvalue weighted by Crippen LogP contribution is 1.91. The van der Waals surface area contributed by atoms with Crippen LogP contribution < -0.4 is 0 Å². The van der Waals surface area contributed by atoms with Crippen LogP contribution in [-0.2, 0) is 8.85 Å². The van der Waals surface area contributed by atoms with Crippen LogP contribution in [0.3, 0.4) is 0 Å². The third-order valence-corrected chi connectivity index (χ3v) is 2.55. The van der Waals surface area contributed by atoms with Gasteiger partial charge < -0.3 is 8.85 Å². The summed E-state index contributed by atoms with van der Waals surface area (Å²) < 4.78 is 10.4. The molecule has 56 valence electrons. The van der Waals surface area contributed by atoms with Crippen molar-refractivity contribution >= 4 is 9.28 Å². The molecule has 0 rings (SSSR count). The second-order valence-electron chi connectivity index (χ2n) is 2.03. The van der Waals surface area contributed by atoms with Gasteiger partial charge in [0.25, 0.3) is 0 Å². The van der Waals surface area contributed by atoms with Gasteiger partial charge in [-0.2, -0.15) is 0 Å². The van der Waals surface area contributed by atoms with Crippen LogP contribution in [-0.4, -0.2) is 23.0 Å². The molecule has 0 bridgehead atoms. The molecule has 0 heterocycles. The molecule has 0 aliphatic carbocycles. The molecular formula is C6H16O2Si. The van der Waals surface area contributed by atoms with E-state index < -0.39 is 9.28 Å². The first kappa shape index (κ1) is 9.14. The van der Waals surface area contributed by atoms with Crippen molar-refractivity contribution in [2.75, 3.05) is 13.7 Å². The zero-order chi connectivity index (χ0) is 7.11. The third kappa shape index (κ3) is 6.02. The van der Waals surface area contributed by atoms with E-state index in [1.807, 2.05) is 6.55 Å². The van der Waals surface area contributed by atoms with E-state index in [1.165, 1.54) is 6.42 Å². The van der Waals surface area contributed by atoms with Crippen LogP contribution in [0.1, 0.15) is 19.8 Å². The average molecular weight is 148 g/mol. The van der Waals surface area contributed by atoms with Gasteiger partial charge in [0.2, 0.25) is 0 Å². The van der Waals surface area contributed by atoms with Crippen molar-refractivity contribution in [3.8, 4) is 0 Å². The maximum absolute atomic E-state index is 5.35. The summed E-state index contributed by atoms with van der Waals surface area (Å²) in [5.74, 6) is 0. The standard InChI is InChI=1S/C6H16O2Si/c1-4-5-6-8-9(3)7-2/h9H,4-6H2,1-3H3. The lowest BCUT2D eigenvalue weighted by Crippen LogP contribution is -2.16. The molecule has 0 aromatic carbocycles. The molecule has 0 aromatic heterocycles. The van der Waals surface area contributed by atoms with Crippen LogP contribution in [0.5, 0.6) is 0 Å². The van der Waals surface area contributed by atoms with Gasteiger partial charge in [-0.05, 0) is 13.0 Å². The molecular weight excluding hydrogens is 132 g/mol. The largest absolute Gasteiger partial charge is 0.400 e. The predicted molar refractivity (Wildman–Crippen MR) is 40.9 cm³/mol. The minimum atomic E-state index is -1.21. The molecule has 0 N–H and O–H groups in total. The molecule has 0 amide bonds. The van der Waals surface area contributed by atoms with Gasteiger partial charge in [-0.15, -0.1) is 0 Å². The van der Waals surface area contributed by atoms with Gasteiger partial charge in [-0.25, -0.2) is 0 Å². The lowest BCUT2D eigenvalue weighted by atomic mass is 10.4. The smallest absolute Gasteiger partial charge is 0.317 e. The van der Waals surface area contributed by atoms with Crippen molar-refractivity contribution in [2.45, 2.75) is 26.3 Å². The van der Waals surface area contributed by atoms with Crippen molar-refractivity contribution in [3.63, 3.8) is 0 Å². The topological polar surface area (TPSA) is 18.5 Å².